The molecule has 16 heavy (non-hydrogen) atoms. The molecule has 0 aromatic carbocycles. The zero-order valence-corrected chi connectivity index (χ0v) is 10.8. The molecule has 5 nitrogen and oxygen atoms in total. The Labute approximate surface area is 103 Å². The number of methoxy groups -OCH3 is 1. The molecule has 1 aromatic rings. The topological polar surface area (TPSA) is 64.3 Å². The first-order valence-corrected chi connectivity index (χ1v) is 6.07. The van der Waals surface area contributed by atoms with Gasteiger partial charge in [0.25, 0.3) is 0 Å². The first-order chi connectivity index (χ1) is 7.70. The van der Waals surface area contributed by atoms with Gasteiger partial charge in [-0.05, 0) is 28.8 Å². The molecule has 1 aromatic heterocycles. The number of hydrogen-bond acceptors (Lipinski definition) is 5. The zero-order chi connectivity index (χ0) is 11.5. The number of anilines is 1. The molecule has 2 rings (SSSR count). The van der Waals surface area contributed by atoms with Gasteiger partial charge in [-0.2, -0.15) is 4.98 Å². The van der Waals surface area contributed by atoms with Crippen LogP contribution in [0.15, 0.2) is 10.7 Å². The third kappa shape index (κ3) is 2.44. The molecule has 6 heteroatoms. The van der Waals surface area contributed by atoms with Gasteiger partial charge < -0.3 is 15.4 Å². The van der Waals surface area contributed by atoms with E-state index >= 15 is 0 Å². The molecule has 1 saturated heterocycles. The van der Waals surface area contributed by atoms with Crippen molar-refractivity contribution in [3.8, 4) is 5.88 Å². The molecule has 0 saturated carbocycles. The summed E-state index contributed by atoms with van der Waals surface area (Å²) in [5.74, 6) is 1.28. The van der Waals surface area contributed by atoms with E-state index in [1.54, 1.807) is 13.3 Å². The van der Waals surface area contributed by atoms with Crippen LogP contribution < -0.4 is 15.4 Å². The molecule has 0 bridgehead atoms. The van der Waals surface area contributed by atoms with Gasteiger partial charge in [-0.15, -0.1) is 0 Å². The van der Waals surface area contributed by atoms with Gasteiger partial charge >= 0.3 is 0 Å². The van der Waals surface area contributed by atoms with Gasteiger partial charge in [-0.25, -0.2) is 4.98 Å². The normalized spacial score (nSPS) is 17.6. The molecule has 0 atom stereocenters. The maximum absolute atomic E-state index is 5.86. The minimum Gasteiger partial charge on any atom is -0.480 e. The first kappa shape index (κ1) is 11.6. The molecule has 1 aliphatic heterocycles. The third-order valence-electron chi connectivity index (χ3n) is 2.72. The van der Waals surface area contributed by atoms with E-state index in [1.807, 2.05) is 0 Å². The third-order valence-corrected chi connectivity index (χ3v) is 3.26. The van der Waals surface area contributed by atoms with Crippen LogP contribution in [0, 0.1) is 0 Å². The molecular formula is C10H15BrN4O. The molecule has 0 spiro atoms. The number of nitrogens with two attached hydrogens (primary N) is 1. The predicted molar refractivity (Wildman–Crippen MR) is 65.7 cm³/mol. The van der Waals surface area contributed by atoms with Crippen molar-refractivity contribution in [2.24, 2.45) is 5.73 Å². The summed E-state index contributed by atoms with van der Waals surface area (Å²) in [6, 6.07) is 0.314. The number of hydrogen-bond donors (Lipinski definition) is 1. The number of halogens is 1. The fourth-order valence-electron chi connectivity index (χ4n) is 1.74. The van der Waals surface area contributed by atoms with Gasteiger partial charge in [0.2, 0.25) is 11.8 Å². The SMILES string of the molecule is COc1nc(N2CCC(N)CC2)ncc1Br. The molecule has 1 aliphatic rings. The second kappa shape index (κ2) is 4.97. The van der Waals surface area contributed by atoms with Crippen LogP contribution in [-0.2, 0) is 0 Å². The molecule has 0 unspecified atom stereocenters. The minimum atomic E-state index is 0.314. The molecule has 1 fully saturated rings. The molecular weight excluding hydrogens is 272 g/mol. The lowest BCUT2D eigenvalue weighted by atomic mass is 10.1. The summed E-state index contributed by atoms with van der Waals surface area (Å²) in [6.45, 7) is 1.82. The van der Waals surface area contributed by atoms with Gasteiger partial charge in [0, 0.05) is 19.1 Å². The lowest BCUT2D eigenvalue weighted by Crippen LogP contribution is -2.40. The highest BCUT2D eigenvalue weighted by Gasteiger charge is 2.19. The first-order valence-electron chi connectivity index (χ1n) is 5.27. The summed E-state index contributed by atoms with van der Waals surface area (Å²) in [5.41, 5.74) is 5.86. The van der Waals surface area contributed by atoms with E-state index in [-0.39, 0.29) is 0 Å². The Morgan fingerprint density at radius 3 is 2.81 bits per heavy atom. The van der Waals surface area contributed by atoms with Crippen LogP contribution in [0.4, 0.5) is 5.95 Å². The van der Waals surface area contributed by atoms with Crippen molar-refractivity contribution in [3.05, 3.63) is 10.7 Å². The summed E-state index contributed by atoms with van der Waals surface area (Å²) in [5, 5.41) is 0. The average molecular weight is 287 g/mol. The van der Waals surface area contributed by atoms with Gasteiger partial charge in [0.15, 0.2) is 0 Å². The molecule has 2 N–H and O–H groups in total. The van der Waals surface area contributed by atoms with E-state index in [4.69, 9.17) is 10.5 Å². The van der Waals surface area contributed by atoms with Crippen LogP contribution in [0.25, 0.3) is 0 Å². The second-order valence-corrected chi connectivity index (χ2v) is 4.71. The number of nitrogens with zero attached hydrogens (tertiary/aromatic N) is 3. The summed E-state index contributed by atoms with van der Waals surface area (Å²) in [4.78, 5) is 10.8. The summed E-state index contributed by atoms with van der Waals surface area (Å²) in [7, 11) is 1.60. The van der Waals surface area contributed by atoms with Gasteiger partial charge in [-0.1, -0.05) is 0 Å². The summed E-state index contributed by atoms with van der Waals surface area (Å²) < 4.78 is 5.92. The molecule has 0 aliphatic carbocycles. The monoisotopic (exact) mass is 286 g/mol. The number of aromatic nitrogens is 2. The second-order valence-electron chi connectivity index (χ2n) is 3.85. The number of ether oxygens (including phenoxy) is 1. The molecule has 0 radical (unpaired) electrons. The van der Waals surface area contributed by atoms with Crippen molar-refractivity contribution in [1.29, 1.82) is 0 Å². The van der Waals surface area contributed by atoms with Crippen LogP contribution in [0.5, 0.6) is 5.88 Å². The Kier molecular flexibility index (Phi) is 3.60. The quantitative estimate of drug-likeness (QED) is 0.884. The number of rotatable bonds is 2. The van der Waals surface area contributed by atoms with Crippen LogP contribution in [0.3, 0.4) is 0 Å². The summed E-state index contributed by atoms with van der Waals surface area (Å²) >= 11 is 3.34. The molecule has 0 amide bonds. The Bertz CT molecular complexity index is 366. The van der Waals surface area contributed by atoms with Gasteiger partial charge in [0.1, 0.15) is 0 Å². The van der Waals surface area contributed by atoms with Crippen molar-refractivity contribution in [2.45, 2.75) is 18.9 Å². The maximum atomic E-state index is 5.86. The van der Waals surface area contributed by atoms with Crippen molar-refractivity contribution in [2.75, 3.05) is 25.1 Å². The highest BCUT2D eigenvalue weighted by Crippen LogP contribution is 2.24. The van der Waals surface area contributed by atoms with Crippen LogP contribution in [0.2, 0.25) is 0 Å². The van der Waals surface area contributed by atoms with Crippen LogP contribution in [0.1, 0.15) is 12.8 Å². The highest BCUT2D eigenvalue weighted by molar-refractivity contribution is 9.10. The Morgan fingerprint density at radius 1 is 1.50 bits per heavy atom. The minimum absolute atomic E-state index is 0.314. The largest absolute Gasteiger partial charge is 0.480 e. The van der Waals surface area contributed by atoms with Gasteiger partial charge in [0.05, 0.1) is 17.8 Å². The lowest BCUT2D eigenvalue weighted by molar-refractivity contribution is 0.392. The van der Waals surface area contributed by atoms with Crippen molar-refractivity contribution in [3.63, 3.8) is 0 Å². The zero-order valence-electron chi connectivity index (χ0n) is 9.19. The smallest absolute Gasteiger partial charge is 0.232 e. The highest BCUT2D eigenvalue weighted by atomic mass is 79.9. The van der Waals surface area contributed by atoms with E-state index in [0.29, 0.717) is 17.9 Å². The standard InChI is InChI=1S/C10H15BrN4O/c1-16-9-8(11)6-13-10(14-9)15-4-2-7(12)3-5-15/h6-7H,2-5,12H2,1H3. The van der Waals surface area contributed by atoms with Crippen molar-refractivity contribution < 1.29 is 4.74 Å². The molecule has 88 valence electrons. The fraction of sp³-hybridized carbons (Fsp3) is 0.600. The van der Waals surface area contributed by atoms with Gasteiger partial charge in [-0.3, -0.25) is 0 Å². The van der Waals surface area contributed by atoms with E-state index in [0.717, 1.165) is 30.4 Å². The predicted octanol–water partition coefficient (Wildman–Crippen LogP) is 1.18. The van der Waals surface area contributed by atoms with E-state index in [2.05, 4.69) is 30.8 Å². The van der Waals surface area contributed by atoms with Crippen molar-refractivity contribution >= 4 is 21.9 Å². The van der Waals surface area contributed by atoms with E-state index in [1.165, 1.54) is 0 Å². The summed E-state index contributed by atoms with van der Waals surface area (Å²) in [6.07, 6.45) is 3.69. The van der Waals surface area contributed by atoms with Crippen LogP contribution in [-0.4, -0.2) is 36.2 Å². The molecule has 2 heterocycles. The van der Waals surface area contributed by atoms with Crippen molar-refractivity contribution in [1.82, 2.24) is 9.97 Å². The van der Waals surface area contributed by atoms with E-state index < -0.39 is 0 Å². The van der Waals surface area contributed by atoms with E-state index in [9.17, 15) is 0 Å². The van der Waals surface area contributed by atoms with Crippen LogP contribution >= 0.6 is 15.9 Å². The lowest BCUT2D eigenvalue weighted by Gasteiger charge is -2.30. The fourth-order valence-corrected chi connectivity index (χ4v) is 2.09. The maximum Gasteiger partial charge on any atom is 0.232 e. The Morgan fingerprint density at radius 2 is 2.19 bits per heavy atom. The average Bonchev–Trinajstić information content (AvgIpc) is 2.31. The Balaban J connectivity index is 2.14. The Hall–Kier alpha value is -0.880. The number of piperidine rings is 1.